The summed E-state index contributed by atoms with van der Waals surface area (Å²) in [4.78, 5) is 0. The van der Waals surface area contributed by atoms with Crippen LogP contribution in [0, 0.1) is 12.8 Å². The fraction of sp³-hybridized carbons (Fsp3) is 0.667. The molecule has 1 heterocycles. The number of benzene rings is 1. The Morgan fingerprint density at radius 2 is 2.23 bits per heavy atom. The standard InChI is InChI=1S/C18H28ClNO2/c1-14-16(8-5-9-17(14)19)18(21,10-3-4-12-22-2)15-7-6-11-20-13-15/h5,8-9,15,20-21H,3-4,6-7,10-13H2,1-2H3/t15?,18-/m0/s1. The number of methoxy groups -OCH3 is 1. The highest BCUT2D eigenvalue weighted by Gasteiger charge is 2.39. The zero-order chi connectivity index (χ0) is 16.0. The molecule has 124 valence electrons. The number of halogens is 1. The third kappa shape index (κ3) is 4.02. The van der Waals surface area contributed by atoms with Gasteiger partial charge in [-0.3, -0.25) is 0 Å². The van der Waals surface area contributed by atoms with Crippen LogP contribution < -0.4 is 5.32 Å². The number of rotatable bonds is 7. The number of ether oxygens (including phenoxy) is 1. The molecule has 0 bridgehead atoms. The van der Waals surface area contributed by atoms with Crippen molar-refractivity contribution in [3.63, 3.8) is 0 Å². The van der Waals surface area contributed by atoms with Crippen molar-refractivity contribution in [2.75, 3.05) is 26.8 Å². The highest BCUT2D eigenvalue weighted by atomic mass is 35.5. The number of aliphatic hydroxyl groups is 1. The van der Waals surface area contributed by atoms with E-state index >= 15 is 0 Å². The smallest absolute Gasteiger partial charge is 0.0939 e. The molecule has 22 heavy (non-hydrogen) atoms. The first-order valence-electron chi connectivity index (χ1n) is 8.27. The van der Waals surface area contributed by atoms with Crippen molar-refractivity contribution >= 4 is 11.6 Å². The Balaban J connectivity index is 2.25. The quantitative estimate of drug-likeness (QED) is 0.752. The van der Waals surface area contributed by atoms with E-state index in [0.29, 0.717) is 0 Å². The fourth-order valence-corrected chi connectivity index (χ4v) is 3.71. The predicted molar refractivity (Wildman–Crippen MR) is 91.4 cm³/mol. The molecule has 3 nitrogen and oxygen atoms in total. The van der Waals surface area contributed by atoms with Gasteiger partial charge in [-0.1, -0.05) is 23.7 Å². The summed E-state index contributed by atoms with van der Waals surface area (Å²) >= 11 is 6.30. The van der Waals surface area contributed by atoms with Crippen molar-refractivity contribution in [2.24, 2.45) is 5.92 Å². The van der Waals surface area contributed by atoms with Gasteiger partial charge in [0.05, 0.1) is 5.60 Å². The lowest BCUT2D eigenvalue weighted by atomic mass is 9.73. The van der Waals surface area contributed by atoms with Gasteiger partial charge < -0.3 is 15.2 Å². The van der Waals surface area contributed by atoms with E-state index in [2.05, 4.69) is 5.32 Å². The predicted octanol–water partition coefficient (Wildman–Crippen LogP) is 3.65. The second kappa shape index (κ2) is 8.30. The molecule has 1 saturated heterocycles. The molecule has 0 spiro atoms. The molecule has 0 aromatic heterocycles. The van der Waals surface area contributed by atoms with E-state index < -0.39 is 5.60 Å². The third-order valence-corrected chi connectivity index (χ3v) is 5.27. The van der Waals surface area contributed by atoms with Gasteiger partial charge in [-0.2, -0.15) is 0 Å². The van der Waals surface area contributed by atoms with Crippen molar-refractivity contribution in [1.29, 1.82) is 0 Å². The molecule has 0 saturated carbocycles. The number of piperidine rings is 1. The van der Waals surface area contributed by atoms with Gasteiger partial charge in [0.25, 0.3) is 0 Å². The van der Waals surface area contributed by atoms with Crippen molar-refractivity contribution < 1.29 is 9.84 Å². The first-order valence-corrected chi connectivity index (χ1v) is 8.65. The van der Waals surface area contributed by atoms with Crippen LogP contribution in [0.4, 0.5) is 0 Å². The van der Waals surface area contributed by atoms with Crippen LogP contribution >= 0.6 is 11.6 Å². The van der Waals surface area contributed by atoms with Gasteiger partial charge in [0.2, 0.25) is 0 Å². The van der Waals surface area contributed by atoms with Crippen molar-refractivity contribution in [2.45, 2.75) is 44.6 Å². The molecular formula is C18H28ClNO2. The number of hydrogen-bond acceptors (Lipinski definition) is 3. The van der Waals surface area contributed by atoms with Crippen molar-refractivity contribution in [3.8, 4) is 0 Å². The van der Waals surface area contributed by atoms with Gasteiger partial charge in [-0.25, -0.2) is 0 Å². The van der Waals surface area contributed by atoms with E-state index in [1.807, 2.05) is 25.1 Å². The molecule has 1 unspecified atom stereocenters. The summed E-state index contributed by atoms with van der Waals surface area (Å²) in [5.74, 6) is 0.237. The third-order valence-electron chi connectivity index (χ3n) is 4.86. The minimum atomic E-state index is -0.809. The van der Waals surface area contributed by atoms with Gasteiger partial charge in [0, 0.05) is 31.2 Å². The van der Waals surface area contributed by atoms with Crippen LogP contribution in [-0.4, -0.2) is 31.9 Å². The minimum absolute atomic E-state index is 0.237. The molecule has 1 aliphatic heterocycles. The zero-order valence-corrected chi connectivity index (χ0v) is 14.5. The van der Waals surface area contributed by atoms with E-state index in [1.54, 1.807) is 7.11 Å². The first-order chi connectivity index (χ1) is 10.6. The largest absolute Gasteiger partial charge is 0.385 e. The Kier molecular flexibility index (Phi) is 6.69. The Bertz CT molecular complexity index is 474. The SMILES string of the molecule is COCCCC[C@@](O)(c1cccc(Cl)c1C)C1CCCNC1. The maximum absolute atomic E-state index is 11.6. The van der Waals surface area contributed by atoms with E-state index in [4.69, 9.17) is 16.3 Å². The molecular weight excluding hydrogens is 298 g/mol. The maximum Gasteiger partial charge on any atom is 0.0939 e. The van der Waals surface area contributed by atoms with E-state index in [0.717, 1.165) is 68.0 Å². The normalized spacial score (nSPS) is 21.5. The minimum Gasteiger partial charge on any atom is -0.385 e. The van der Waals surface area contributed by atoms with Crippen LogP contribution in [0.25, 0.3) is 0 Å². The highest BCUT2D eigenvalue weighted by molar-refractivity contribution is 6.31. The second-order valence-electron chi connectivity index (χ2n) is 6.33. The van der Waals surface area contributed by atoms with Crippen molar-refractivity contribution in [1.82, 2.24) is 5.32 Å². The first kappa shape index (κ1) is 17.7. The second-order valence-corrected chi connectivity index (χ2v) is 6.74. The molecule has 1 aliphatic rings. The Hall–Kier alpha value is -0.610. The summed E-state index contributed by atoms with van der Waals surface area (Å²) < 4.78 is 5.14. The number of nitrogens with one attached hydrogen (secondary N) is 1. The number of unbranched alkanes of at least 4 members (excludes halogenated alkanes) is 1. The van der Waals surface area contributed by atoms with Crippen LogP contribution in [0.1, 0.15) is 43.2 Å². The lowest BCUT2D eigenvalue weighted by molar-refractivity contribution is -0.0438. The lowest BCUT2D eigenvalue weighted by Crippen LogP contribution is -2.44. The summed E-state index contributed by atoms with van der Waals surface area (Å²) in [5, 5.41) is 15.7. The molecule has 1 fully saturated rings. The van der Waals surface area contributed by atoms with Crippen LogP contribution in [0.3, 0.4) is 0 Å². The summed E-state index contributed by atoms with van der Waals surface area (Å²) in [6.07, 6.45) is 4.85. The van der Waals surface area contributed by atoms with Gasteiger partial charge in [-0.15, -0.1) is 0 Å². The van der Waals surface area contributed by atoms with Crippen LogP contribution in [0.15, 0.2) is 18.2 Å². The molecule has 0 amide bonds. The molecule has 2 rings (SSSR count). The molecule has 4 heteroatoms. The highest BCUT2D eigenvalue weighted by Crippen LogP contribution is 2.41. The average molecular weight is 326 g/mol. The monoisotopic (exact) mass is 325 g/mol. The molecule has 2 atom stereocenters. The van der Waals surface area contributed by atoms with E-state index in [1.165, 1.54) is 0 Å². The Morgan fingerprint density at radius 3 is 2.91 bits per heavy atom. The Morgan fingerprint density at radius 1 is 1.41 bits per heavy atom. The number of hydrogen-bond donors (Lipinski definition) is 2. The molecule has 0 aliphatic carbocycles. The summed E-state index contributed by atoms with van der Waals surface area (Å²) in [5.41, 5.74) is 1.19. The van der Waals surface area contributed by atoms with Crippen LogP contribution in [0.2, 0.25) is 5.02 Å². The summed E-state index contributed by atoms with van der Waals surface area (Å²) in [6, 6.07) is 5.87. The van der Waals surface area contributed by atoms with Crippen LogP contribution in [0.5, 0.6) is 0 Å². The summed E-state index contributed by atoms with van der Waals surface area (Å²) in [7, 11) is 1.72. The van der Waals surface area contributed by atoms with Gasteiger partial charge in [0.15, 0.2) is 0 Å². The molecule has 0 radical (unpaired) electrons. The molecule has 1 aromatic carbocycles. The summed E-state index contributed by atoms with van der Waals surface area (Å²) in [6.45, 7) is 4.67. The molecule has 2 N–H and O–H groups in total. The van der Waals surface area contributed by atoms with Gasteiger partial charge in [-0.05, 0) is 62.8 Å². The van der Waals surface area contributed by atoms with Gasteiger partial charge in [0.1, 0.15) is 0 Å². The molecule has 1 aromatic rings. The van der Waals surface area contributed by atoms with Gasteiger partial charge >= 0.3 is 0 Å². The maximum atomic E-state index is 11.6. The Labute approximate surface area is 139 Å². The lowest BCUT2D eigenvalue weighted by Gasteiger charge is -2.40. The van der Waals surface area contributed by atoms with E-state index in [9.17, 15) is 5.11 Å². The fourth-order valence-electron chi connectivity index (χ4n) is 3.54. The topological polar surface area (TPSA) is 41.5 Å². The average Bonchev–Trinajstić information content (AvgIpc) is 2.55. The zero-order valence-electron chi connectivity index (χ0n) is 13.7. The van der Waals surface area contributed by atoms with Crippen molar-refractivity contribution in [3.05, 3.63) is 34.3 Å². The van der Waals surface area contributed by atoms with Crippen LogP contribution in [-0.2, 0) is 10.3 Å². The van der Waals surface area contributed by atoms with E-state index in [-0.39, 0.29) is 5.92 Å².